The van der Waals surface area contributed by atoms with Crippen LogP contribution in [-0.4, -0.2) is 109 Å². The summed E-state index contributed by atoms with van der Waals surface area (Å²) in [5.74, 6) is -0.561. The molecule has 0 aliphatic carbocycles. The Hall–Kier alpha value is -3.64. The van der Waals surface area contributed by atoms with Crippen molar-refractivity contribution < 1.29 is 56.7 Å². The molecule has 46 heavy (non-hydrogen) atoms. The Labute approximate surface area is 253 Å². The molecule has 4 aromatic heterocycles. The Bertz CT molecular complexity index is 1900. The van der Waals surface area contributed by atoms with Crippen molar-refractivity contribution in [3.63, 3.8) is 0 Å². The fraction of sp³-hybridized carbons (Fsp3) is 0.500. The lowest BCUT2D eigenvalue weighted by Gasteiger charge is -2.27. The van der Waals surface area contributed by atoms with Crippen LogP contribution in [0.5, 0.6) is 0 Å². The predicted molar refractivity (Wildman–Crippen MR) is 146 cm³/mol. The molecule has 2 unspecified atom stereocenters. The van der Waals surface area contributed by atoms with Gasteiger partial charge in [0, 0.05) is 0 Å². The van der Waals surface area contributed by atoms with Crippen LogP contribution in [0.4, 0.5) is 11.9 Å². The number of fused-ring (bicyclic) bond motifs is 4. The van der Waals surface area contributed by atoms with E-state index in [9.17, 15) is 38.7 Å². The number of phosphoric ester groups is 2. The van der Waals surface area contributed by atoms with Crippen LogP contribution in [0.25, 0.3) is 22.3 Å². The summed E-state index contributed by atoms with van der Waals surface area (Å²) in [6, 6.07) is 0. The molecule has 24 nitrogen and oxygen atoms in total. The highest BCUT2D eigenvalue weighted by Crippen LogP contribution is 2.53. The SMILES string of the molecule is Nc1nc2c(ncn2[C@@H]2O[C@@H]3COP(=O)(O)O[C@@H]4[C@H](O)[C@@H](n5cnc6c(=O)[nH]c(N)nc65)O[C@H]4COP(=O)(O)O[C@H]3[C@H]2O)c(=O)[nH]1. The molecule has 7 heterocycles. The second kappa shape index (κ2) is 11.0. The topological polar surface area (TPSA) is 350 Å². The van der Waals surface area contributed by atoms with E-state index in [2.05, 4.69) is 29.9 Å². The fourth-order valence-electron chi connectivity index (χ4n) is 5.39. The first kappa shape index (κ1) is 31.0. The number of imidazole rings is 2. The Morgan fingerprint density at radius 1 is 0.761 bits per heavy atom. The molecule has 3 aliphatic heterocycles. The van der Waals surface area contributed by atoms with E-state index >= 15 is 0 Å². The molecule has 0 radical (unpaired) electrons. The van der Waals surface area contributed by atoms with Crippen molar-refractivity contribution in [3.05, 3.63) is 33.4 Å². The lowest BCUT2D eigenvalue weighted by molar-refractivity contribution is -0.0664. The molecule has 0 saturated carbocycles. The third kappa shape index (κ3) is 5.33. The van der Waals surface area contributed by atoms with E-state index in [0.29, 0.717) is 0 Å². The van der Waals surface area contributed by atoms with Crippen LogP contribution in [0.15, 0.2) is 22.2 Å². The van der Waals surface area contributed by atoms with Gasteiger partial charge in [0.25, 0.3) is 11.1 Å². The number of nitrogens with zero attached hydrogens (tertiary/aromatic N) is 6. The zero-order valence-corrected chi connectivity index (χ0v) is 24.6. The largest absolute Gasteiger partial charge is 0.472 e. The number of hydrogen-bond acceptors (Lipinski definition) is 18. The number of rotatable bonds is 2. The highest BCUT2D eigenvalue weighted by Gasteiger charge is 2.54. The minimum absolute atomic E-state index is 0.121. The van der Waals surface area contributed by atoms with Crippen molar-refractivity contribution in [1.29, 1.82) is 0 Å². The van der Waals surface area contributed by atoms with Crippen molar-refractivity contribution in [2.45, 2.75) is 49.1 Å². The van der Waals surface area contributed by atoms with Crippen LogP contribution >= 0.6 is 15.6 Å². The molecule has 3 saturated heterocycles. The fourth-order valence-corrected chi connectivity index (χ4v) is 7.32. The number of aromatic nitrogens is 8. The molecule has 10 N–H and O–H groups in total. The van der Waals surface area contributed by atoms with Gasteiger partial charge in [0.05, 0.1) is 25.9 Å². The minimum Gasteiger partial charge on any atom is -0.386 e. The Balaban J connectivity index is 1.18. The lowest BCUT2D eigenvalue weighted by Crippen LogP contribution is -2.39. The van der Waals surface area contributed by atoms with Gasteiger partial charge in [-0.1, -0.05) is 0 Å². The van der Waals surface area contributed by atoms with Crippen molar-refractivity contribution in [2.24, 2.45) is 0 Å². The van der Waals surface area contributed by atoms with Gasteiger partial charge in [-0.05, 0) is 0 Å². The number of aliphatic hydroxyl groups is 2. The van der Waals surface area contributed by atoms with Gasteiger partial charge in [0.2, 0.25) is 11.9 Å². The van der Waals surface area contributed by atoms with Crippen LogP contribution in [-0.2, 0) is 36.7 Å². The van der Waals surface area contributed by atoms with Crippen molar-refractivity contribution >= 4 is 49.9 Å². The summed E-state index contributed by atoms with van der Waals surface area (Å²) in [5, 5.41) is 22.2. The molecular weight excluding hydrogens is 666 g/mol. The Morgan fingerprint density at radius 3 is 1.54 bits per heavy atom. The van der Waals surface area contributed by atoms with Crippen LogP contribution in [0, 0.1) is 0 Å². The molecule has 0 amide bonds. The minimum atomic E-state index is -5.10. The van der Waals surface area contributed by atoms with E-state index in [-0.39, 0.29) is 34.2 Å². The number of nitrogens with one attached hydrogen (secondary N) is 2. The summed E-state index contributed by atoms with van der Waals surface area (Å²) in [6.07, 6.45) is -10.9. The first-order valence-corrected chi connectivity index (χ1v) is 16.1. The number of nitrogen functional groups attached to an aromatic ring is 2. The average molecular weight is 690 g/mol. The third-order valence-corrected chi connectivity index (χ3v) is 9.35. The van der Waals surface area contributed by atoms with Gasteiger partial charge in [0.15, 0.2) is 34.8 Å². The molecule has 0 aromatic carbocycles. The van der Waals surface area contributed by atoms with Crippen LogP contribution in [0.3, 0.4) is 0 Å². The zero-order chi connectivity index (χ0) is 32.7. The molecule has 0 bridgehead atoms. The Morgan fingerprint density at radius 2 is 1.15 bits per heavy atom. The number of aliphatic hydroxyl groups excluding tert-OH is 2. The summed E-state index contributed by atoms with van der Waals surface area (Å²) in [7, 11) is -10.2. The summed E-state index contributed by atoms with van der Waals surface area (Å²) >= 11 is 0. The van der Waals surface area contributed by atoms with Crippen LogP contribution in [0.2, 0.25) is 0 Å². The van der Waals surface area contributed by atoms with E-state index in [1.165, 1.54) is 0 Å². The van der Waals surface area contributed by atoms with Gasteiger partial charge in [-0.2, -0.15) is 9.97 Å². The lowest BCUT2D eigenvalue weighted by atomic mass is 10.1. The van der Waals surface area contributed by atoms with Gasteiger partial charge in [-0.3, -0.25) is 46.8 Å². The van der Waals surface area contributed by atoms with Crippen LogP contribution < -0.4 is 22.6 Å². The number of anilines is 2. The highest BCUT2D eigenvalue weighted by molar-refractivity contribution is 7.47. The highest BCUT2D eigenvalue weighted by atomic mass is 31.2. The summed E-state index contributed by atoms with van der Waals surface area (Å²) in [5.41, 5.74) is 9.28. The third-order valence-electron chi connectivity index (χ3n) is 7.38. The van der Waals surface area contributed by atoms with Gasteiger partial charge in [0.1, 0.15) is 36.6 Å². The predicted octanol–water partition coefficient (Wildman–Crippen LogP) is -3.05. The van der Waals surface area contributed by atoms with E-state index in [4.69, 9.17) is 39.0 Å². The van der Waals surface area contributed by atoms with Gasteiger partial charge < -0.3 is 40.9 Å². The summed E-state index contributed by atoms with van der Waals surface area (Å²) < 4.78 is 60.5. The number of ether oxygens (including phenoxy) is 2. The second-order valence-corrected chi connectivity index (χ2v) is 13.1. The number of nitrogens with two attached hydrogens (primary N) is 2. The quantitative estimate of drug-likeness (QED) is 0.0968. The molecule has 0 spiro atoms. The molecule has 26 heteroatoms. The maximum Gasteiger partial charge on any atom is 0.472 e. The molecule has 10 atom stereocenters. The Kier molecular flexibility index (Phi) is 7.39. The average Bonchev–Trinajstić information content (AvgIpc) is 3.72. The first-order chi connectivity index (χ1) is 21.7. The second-order valence-electron chi connectivity index (χ2n) is 10.3. The summed E-state index contributed by atoms with van der Waals surface area (Å²) in [6.45, 7) is -1.74. The van der Waals surface area contributed by atoms with E-state index in [1.807, 2.05) is 0 Å². The molecule has 7 rings (SSSR count). The first-order valence-electron chi connectivity index (χ1n) is 13.1. The molecular formula is C20H24N10O14P2. The number of aromatic amines is 2. The molecule has 248 valence electrons. The van der Waals surface area contributed by atoms with Gasteiger partial charge in [-0.25, -0.2) is 19.1 Å². The molecule has 3 aliphatic rings. The standard InChI is InChI=1S/C20H24N10O14P2/c21-19-25-13-7(15(33)27-19)23-3-29(13)17-9(31)11-5(41-17)1-39-45(35,36)44-12-6(2-40-46(37,38)43-11)42-18(10(12)32)30-4-24-8-14(30)26-20(22)28-16(8)34/h3-6,9-12,17-18,31-32H,1-2H2,(H,35,36)(H,37,38)(H3,21,25,27,33)(H3,22,26,28,34)/t5-,6+,9-,10+,11-,12+,17-,18+. The number of phosphoric acid groups is 2. The molecule has 4 aromatic rings. The van der Waals surface area contributed by atoms with Crippen molar-refractivity contribution in [1.82, 2.24) is 39.0 Å². The van der Waals surface area contributed by atoms with Gasteiger partial charge in [-0.15, -0.1) is 0 Å². The monoisotopic (exact) mass is 690 g/mol. The summed E-state index contributed by atoms with van der Waals surface area (Å²) in [4.78, 5) is 65.9. The molecule has 3 fully saturated rings. The maximum absolute atomic E-state index is 13.1. The number of H-pyrrole nitrogens is 2. The normalized spacial score (nSPS) is 37.1. The number of hydrogen-bond donors (Lipinski definition) is 8. The van der Waals surface area contributed by atoms with Crippen molar-refractivity contribution in [3.8, 4) is 0 Å². The smallest absolute Gasteiger partial charge is 0.386 e. The van der Waals surface area contributed by atoms with E-state index < -0.39 is 89.1 Å². The van der Waals surface area contributed by atoms with E-state index in [0.717, 1.165) is 21.8 Å². The van der Waals surface area contributed by atoms with Crippen LogP contribution in [0.1, 0.15) is 12.5 Å². The zero-order valence-electron chi connectivity index (χ0n) is 22.8. The maximum atomic E-state index is 13.1. The van der Waals surface area contributed by atoms with E-state index in [1.54, 1.807) is 0 Å². The van der Waals surface area contributed by atoms with Gasteiger partial charge >= 0.3 is 15.6 Å². The van der Waals surface area contributed by atoms with Crippen molar-refractivity contribution in [2.75, 3.05) is 24.7 Å².